The van der Waals surface area contributed by atoms with Crippen LogP contribution in [-0.4, -0.2) is 29.8 Å². The molecule has 1 saturated heterocycles. The molecular weight excluding hydrogens is 333 g/mol. The van der Waals surface area contributed by atoms with Crippen LogP contribution in [0, 0.1) is 11.3 Å². The van der Waals surface area contributed by atoms with Gasteiger partial charge in [-0.3, -0.25) is 9.59 Å². The number of nitrogens with one attached hydrogen (secondary N) is 1. The summed E-state index contributed by atoms with van der Waals surface area (Å²) in [4.78, 5) is 26.9. The summed E-state index contributed by atoms with van der Waals surface area (Å²) in [5, 5.41) is 2.54. The maximum absolute atomic E-state index is 12.7. The zero-order valence-corrected chi connectivity index (χ0v) is 14.6. The second-order valence-electron chi connectivity index (χ2n) is 7.15. The Morgan fingerprint density at radius 2 is 1.76 bits per heavy atom. The summed E-state index contributed by atoms with van der Waals surface area (Å²) in [6.07, 6.45) is -2.46. The van der Waals surface area contributed by atoms with Gasteiger partial charge in [0.2, 0.25) is 11.8 Å². The fourth-order valence-corrected chi connectivity index (χ4v) is 2.90. The van der Waals surface area contributed by atoms with E-state index in [2.05, 4.69) is 12.2 Å². The molecule has 2 amide bonds. The Kier molecular flexibility index (Phi) is 5.44. The van der Waals surface area contributed by atoms with E-state index in [0.717, 1.165) is 25.0 Å². The lowest BCUT2D eigenvalue weighted by atomic mass is 9.88. The number of benzene rings is 1. The minimum Gasteiger partial charge on any atom is -0.342 e. The Hall–Kier alpha value is -2.05. The van der Waals surface area contributed by atoms with Crippen molar-refractivity contribution in [3.05, 3.63) is 29.8 Å². The van der Waals surface area contributed by atoms with Crippen molar-refractivity contribution in [2.75, 3.05) is 18.4 Å². The second-order valence-corrected chi connectivity index (χ2v) is 7.15. The highest BCUT2D eigenvalue weighted by Crippen LogP contribution is 2.30. The van der Waals surface area contributed by atoms with Crippen LogP contribution in [0.4, 0.5) is 18.9 Å². The number of nitrogens with zero attached hydrogens (tertiary/aromatic N) is 1. The molecule has 1 aromatic rings. The molecule has 138 valence electrons. The van der Waals surface area contributed by atoms with Crippen LogP contribution in [0.25, 0.3) is 0 Å². The predicted octanol–water partition coefficient (Wildman–Crippen LogP) is 3.93. The molecule has 0 saturated carbocycles. The Labute approximate surface area is 145 Å². The zero-order chi connectivity index (χ0) is 18.8. The van der Waals surface area contributed by atoms with E-state index >= 15 is 0 Å². The average molecular weight is 356 g/mol. The molecule has 1 atom stereocenters. The molecule has 1 unspecified atom stereocenters. The van der Waals surface area contributed by atoms with Crippen LogP contribution in [0.3, 0.4) is 0 Å². The van der Waals surface area contributed by atoms with Crippen molar-refractivity contribution in [2.45, 2.75) is 39.8 Å². The summed E-state index contributed by atoms with van der Waals surface area (Å²) >= 11 is 0. The number of amides is 2. The maximum atomic E-state index is 12.7. The number of rotatable bonds is 3. The van der Waals surface area contributed by atoms with Crippen molar-refractivity contribution in [2.24, 2.45) is 11.3 Å². The minimum absolute atomic E-state index is 0.228. The Morgan fingerprint density at radius 3 is 2.28 bits per heavy atom. The van der Waals surface area contributed by atoms with Gasteiger partial charge in [0.15, 0.2) is 0 Å². The first-order valence-electron chi connectivity index (χ1n) is 8.30. The number of halogens is 3. The first-order valence-corrected chi connectivity index (χ1v) is 8.30. The van der Waals surface area contributed by atoms with Gasteiger partial charge >= 0.3 is 6.18 Å². The van der Waals surface area contributed by atoms with E-state index in [-0.39, 0.29) is 11.6 Å². The molecule has 1 aromatic carbocycles. The van der Waals surface area contributed by atoms with Crippen LogP contribution in [0.15, 0.2) is 24.3 Å². The van der Waals surface area contributed by atoms with E-state index in [9.17, 15) is 22.8 Å². The number of carbonyl (C=O) groups is 2. The molecule has 0 bridgehead atoms. The van der Waals surface area contributed by atoms with E-state index in [4.69, 9.17) is 0 Å². The van der Waals surface area contributed by atoms with Gasteiger partial charge in [-0.25, -0.2) is 0 Å². The van der Waals surface area contributed by atoms with Gasteiger partial charge < -0.3 is 10.2 Å². The maximum Gasteiger partial charge on any atom is 0.416 e. The molecule has 1 aliphatic rings. The van der Waals surface area contributed by atoms with Gasteiger partial charge in [-0.15, -0.1) is 0 Å². The third-order valence-corrected chi connectivity index (χ3v) is 4.52. The summed E-state index contributed by atoms with van der Waals surface area (Å²) < 4.78 is 37.7. The molecule has 0 aliphatic carbocycles. The number of anilines is 1. The van der Waals surface area contributed by atoms with Crippen molar-refractivity contribution in [3.63, 3.8) is 0 Å². The summed E-state index contributed by atoms with van der Waals surface area (Å²) in [5.74, 6) is -0.398. The van der Waals surface area contributed by atoms with E-state index in [0.29, 0.717) is 19.0 Å². The summed E-state index contributed by atoms with van der Waals surface area (Å²) in [6, 6.07) is 4.17. The Morgan fingerprint density at radius 1 is 1.16 bits per heavy atom. The van der Waals surface area contributed by atoms with Gasteiger partial charge in [0.25, 0.3) is 0 Å². The number of carbonyl (C=O) groups excluding carboxylic acids is 2. The molecule has 1 fully saturated rings. The molecule has 1 heterocycles. The van der Waals surface area contributed by atoms with Crippen molar-refractivity contribution in [3.8, 4) is 0 Å². The van der Waals surface area contributed by atoms with Crippen LogP contribution in [0.5, 0.6) is 0 Å². The second kappa shape index (κ2) is 7.06. The fourth-order valence-electron chi connectivity index (χ4n) is 2.90. The first kappa shape index (κ1) is 19.3. The average Bonchev–Trinajstić information content (AvgIpc) is 2.53. The lowest BCUT2D eigenvalue weighted by Crippen LogP contribution is -2.50. The molecule has 1 aliphatic heterocycles. The van der Waals surface area contributed by atoms with Crippen LogP contribution < -0.4 is 5.32 Å². The van der Waals surface area contributed by atoms with Gasteiger partial charge in [-0.2, -0.15) is 13.2 Å². The molecule has 0 radical (unpaired) electrons. The minimum atomic E-state index is -4.43. The topological polar surface area (TPSA) is 49.4 Å². The van der Waals surface area contributed by atoms with Gasteiger partial charge in [0.1, 0.15) is 5.41 Å². The molecule has 4 nitrogen and oxygen atoms in total. The highest BCUT2D eigenvalue weighted by atomic mass is 19.4. The largest absolute Gasteiger partial charge is 0.416 e. The monoisotopic (exact) mass is 356 g/mol. The summed E-state index contributed by atoms with van der Waals surface area (Å²) in [7, 11) is 0. The summed E-state index contributed by atoms with van der Waals surface area (Å²) in [5.41, 5.74) is -1.85. The molecule has 1 N–H and O–H groups in total. The Balaban J connectivity index is 2.06. The van der Waals surface area contributed by atoms with Crippen LogP contribution in [-0.2, 0) is 15.8 Å². The van der Waals surface area contributed by atoms with Crippen molar-refractivity contribution in [1.82, 2.24) is 4.90 Å². The van der Waals surface area contributed by atoms with Crippen LogP contribution in [0.2, 0.25) is 0 Å². The van der Waals surface area contributed by atoms with Crippen LogP contribution >= 0.6 is 0 Å². The fraction of sp³-hybridized carbons (Fsp3) is 0.556. The molecule has 0 aromatic heterocycles. The highest BCUT2D eigenvalue weighted by molar-refractivity contribution is 6.09. The molecule has 7 heteroatoms. The third-order valence-electron chi connectivity index (χ3n) is 4.52. The number of hydrogen-bond acceptors (Lipinski definition) is 2. The van der Waals surface area contributed by atoms with Crippen LogP contribution in [0.1, 0.15) is 39.2 Å². The smallest absolute Gasteiger partial charge is 0.342 e. The normalized spacial score (nSPS) is 18.8. The Bertz CT molecular complexity index is 639. The standard InChI is InChI=1S/C18H23F3N2O2/c1-12-5-4-10-23(11-12)16(25)17(2,3)15(24)22-14-8-6-13(7-9-14)18(19,20)21/h6-9,12H,4-5,10-11H2,1-3H3,(H,22,24). The first-order chi connectivity index (χ1) is 11.5. The highest BCUT2D eigenvalue weighted by Gasteiger charge is 2.40. The number of alkyl halides is 3. The number of hydrogen-bond donors (Lipinski definition) is 1. The molecule has 0 spiro atoms. The zero-order valence-electron chi connectivity index (χ0n) is 14.6. The molecular formula is C18H23F3N2O2. The quantitative estimate of drug-likeness (QED) is 0.835. The predicted molar refractivity (Wildman–Crippen MR) is 88.8 cm³/mol. The number of likely N-dealkylation sites (tertiary alicyclic amines) is 1. The van der Waals surface area contributed by atoms with Crippen molar-refractivity contribution >= 4 is 17.5 Å². The van der Waals surface area contributed by atoms with Crippen molar-refractivity contribution in [1.29, 1.82) is 0 Å². The van der Waals surface area contributed by atoms with E-state index in [1.165, 1.54) is 26.0 Å². The van der Waals surface area contributed by atoms with E-state index in [1.54, 1.807) is 4.90 Å². The SMILES string of the molecule is CC1CCCN(C(=O)C(C)(C)C(=O)Nc2ccc(C(F)(F)F)cc2)C1. The van der Waals surface area contributed by atoms with Crippen molar-refractivity contribution < 1.29 is 22.8 Å². The lowest BCUT2D eigenvalue weighted by Gasteiger charge is -2.36. The summed E-state index contributed by atoms with van der Waals surface area (Å²) in [6.45, 7) is 6.38. The van der Waals surface area contributed by atoms with Gasteiger partial charge in [0, 0.05) is 18.8 Å². The van der Waals surface area contributed by atoms with E-state index < -0.39 is 23.1 Å². The van der Waals surface area contributed by atoms with Gasteiger partial charge in [-0.05, 0) is 56.9 Å². The molecule has 25 heavy (non-hydrogen) atoms. The number of piperidine rings is 1. The lowest BCUT2D eigenvalue weighted by molar-refractivity contribution is -0.147. The van der Waals surface area contributed by atoms with Gasteiger partial charge in [-0.1, -0.05) is 6.92 Å². The third kappa shape index (κ3) is 4.52. The van der Waals surface area contributed by atoms with Gasteiger partial charge in [0.05, 0.1) is 5.56 Å². The molecule has 2 rings (SSSR count). The van der Waals surface area contributed by atoms with E-state index in [1.807, 2.05) is 0 Å².